The van der Waals surface area contributed by atoms with Gasteiger partial charge in [0.2, 0.25) is 11.8 Å². The molecule has 2 amide bonds. The van der Waals surface area contributed by atoms with Gasteiger partial charge in [0.25, 0.3) is 0 Å². The van der Waals surface area contributed by atoms with E-state index in [1.807, 2.05) is 51.1 Å². The summed E-state index contributed by atoms with van der Waals surface area (Å²) in [7, 11) is 0. The Labute approximate surface area is 148 Å². The van der Waals surface area contributed by atoms with Gasteiger partial charge in [-0.05, 0) is 6.42 Å². The summed E-state index contributed by atoms with van der Waals surface area (Å²) in [4.78, 5) is 32.2. The lowest BCUT2D eigenvalue weighted by molar-refractivity contribution is -0.128. The van der Waals surface area contributed by atoms with Crippen LogP contribution in [0.1, 0.15) is 33.6 Å². The van der Waals surface area contributed by atoms with Gasteiger partial charge in [0, 0.05) is 23.9 Å². The highest BCUT2D eigenvalue weighted by atomic mass is 16.2. The number of benzene rings is 1. The minimum absolute atomic E-state index is 0.0159. The van der Waals surface area contributed by atoms with Crippen LogP contribution in [0.4, 0.5) is 5.69 Å². The van der Waals surface area contributed by atoms with E-state index in [1.165, 1.54) is 0 Å². The second-order valence-corrected chi connectivity index (χ2v) is 6.82. The molecule has 6 nitrogen and oxygen atoms in total. The third kappa shape index (κ3) is 5.99. The third-order valence-electron chi connectivity index (χ3n) is 3.51. The van der Waals surface area contributed by atoms with Crippen molar-refractivity contribution in [2.45, 2.75) is 33.6 Å². The lowest BCUT2D eigenvalue weighted by atomic mass is 9.96. The maximum atomic E-state index is 11.9. The topological polar surface area (TPSA) is 84.0 Å². The first-order valence-corrected chi connectivity index (χ1v) is 8.32. The fraction of sp³-hybridized carbons (Fsp3) is 0.368. The lowest BCUT2D eigenvalue weighted by Crippen LogP contribution is -2.35. The molecule has 0 aliphatic carbocycles. The molecule has 6 heteroatoms. The summed E-state index contributed by atoms with van der Waals surface area (Å²) in [6.07, 6.45) is 4.09. The highest BCUT2D eigenvalue weighted by molar-refractivity contribution is 5.90. The Balaban J connectivity index is 1.76. The first kappa shape index (κ1) is 18.6. The minimum Gasteiger partial charge on any atom is -0.356 e. The van der Waals surface area contributed by atoms with Gasteiger partial charge in [-0.2, -0.15) is 0 Å². The molecule has 0 saturated heterocycles. The van der Waals surface area contributed by atoms with Gasteiger partial charge in [0.1, 0.15) is 0 Å². The van der Waals surface area contributed by atoms with Crippen molar-refractivity contribution in [1.82, 2.24) is 15.3 Å². The van der Waals surface area contributed by atoms with Crippen LogP contribution in [0, 0.1) is 5.41 Å². The van der Waals surface area contributed by atoms with Crippen molar-refractivity contribution in [2.24, 2.45) is 5.41 Å². The Bertz CT molecular complexity index is 706. The second kappa shape index (κ2) is 8.37. The average molecular weight is 340 g/mol. The van der Waals surface area contributed by atoms with E-state index in [-0.39, 0.29) is 11.8 Å². The number of hydrogen-bond acceptors (Lipinski definition) is 4. The van der Waals surface area contributed by atoms with Crippen molar-refractivity contribution in [3.63, 3.8) is 0 Å². The lowest BCUT2D eigenvalue weighted by Gasteiger charge is -2.17. The van der Waals surface area contributed by atoms with E-state index in [0.717, 1.165) is 5.56 Å². The molecule has 0 saturated carbocycles. The van der Waals surface area contributed by atoms with Crippen molar-refractivity contribution in [1.29, 1.82) is 0 Å². The zero-order chi connectivity index (χ0) is 18.3. The molecule has 2 rings (SSSR count). The summed E-state index contributed by atoms with van der Waals surface area (Å²) in [5, 5.41) is 5.59. The van der Waals surface area contributed by atoms with E-state index >= 15 is 0 Å². The number of rotatable bonds is 6. The summed E-state index contributed by atoms with van der Waals surface area (Å²) in [5.41, 5.74) is 1.07. The van der Waals surface area contributed by atoms with Crippen LogP contribution in [0.2, 0.25) is 0 Å². The van der Waals surface area contributed by atoms with E-state index in [2.05, 4.69) is 20.6 Å². The van der Waals surface area contributed by atoms with Gasteiger partial charge in [-0.25, -0.2) is 9.97 Å². The standard InChI is InChI=1S/C19H24N4O2/c1-19(2,3)18(25)20-11-7-10-16(24)23-15-12-21-17(22-13-15)14-8-5-4-6-9-14/h4-6,8-9,12-13H,7,10-11H2,1-3H3,(H,20,25)(H,23,24). The first-order chi connectivity index (χ1) is 11.9. The monoisotopic (exact) mass is 340 g/mol. The molecule has 1 aromatic heterocycles. The van der Waals surface area contributed by atoms with Gasteiger partial charge in [0.05, 0.1) is 18.1 Å². The van der Waals surface area contributed by atoms with Crippen LogP contribution in [0.15, 0.2) is 42.7 Å². The zero-order valence-corrected chi connectivity index (χ0v) is 14.9. The fourth-order valence-electron chi connectivity index (χ4n) is 2.07. The zero-order valence-electron chi connectivity index (χ0n) is 14.9. The summed E-state index contributed by atoms with van der Waals surface area (Å²) >= 11 is 0. The first-order valence-electron chi connectivity index (χ1n) is 8.32. The average Bonchev–Trinajstić information content (AvgIpc) is 2.59. The molecular weight excluding hydrogens is 316 g/mol. The summed E-state index contributed by atoms with van der Waals surface area (Å²) in [5.74, 6) is 0.474. The molecule has 1 aromatic carbocycles. The van der Waals surface area contributed by atoms with Crippen LogP contribution in [0.3, 0.4) is 0 Å². The molecule has 0 radical (unpaired) electrons. The molecular formula is C19H24N4O2. The molecule has 2 aromatic rings. The van der Waals surface area contributed by atoms with E-state index in [1.54, 1.807) is 12.4 Å². The summed E-state index contributed by atoms with van der Waals surface area (Å²) in [6, 6.07) is 9.64. The number of hydrogen-bond donors (Lipinski definition) is 2. The predicted molar refractivity (Wildman–Crippen MR) is 97.8 cm³/mol. The predicted octanol–water partition coefficient (Wildman–Crippen LogP) is 3.02. The Hall–Kier alpha value is -2.76. The molecule has 0 bridgehead atoms. The van der Waals surface area contributed by atoms with Crippen LogP contribution in [-0.4, -0.2) is 28.3 Å². The number of carbonyl (C=O) groups is 2. The molecule has 2 N–H and O–H groups in total. The molecule has 0 spiro atoms. The maximum absolute atomic E-state index is 11.9. The van der Waals surface area contributed by atoms with Gasteiger partial charge in [0.15, 0.2) is 5.82 Å². The van der Waals surface area contributed by atoms with Crippen molar-refractivity contribution >= 4 is 17.5 Å². The van der Waals surface area contributed by atoms with E-state index in [9.17, 15) is 9.59 Å². The molecule has 25 heavy (non-hydrogen) atoms. The molecule has 1 heterocycles. The normalized spacial score (nSPS) is 11.0. The Morgan fingerprint density at radius 2 is 1.68 bits per heavy atom. The number of anilines is 1. The van der Waals surface area contributed by atoms with Crippen molar-refractivity contribution in [2.75, 3.05) is 11.9 Å². The van der Waals surface area contributed by atoms with Crippen molar-refractivity contribution in [3.05, 3.63) is 42.7 Å². The smallest absolute Gasteiger partial charge is 0.225 e. The van der Waals surface area contributed by atoms with Crippen molar-refractivity contribution in [3.8, 4) is 11.4 Å². The minimum atomic E-state index is -0.417. The van der Waals surface area contributed by atoms with E-state index in [0.29, 0.717) is 30.9 Å². The maximum Gasteiger partial charge on any atom is 0.225 e. The van der Waals surface area contributed by atoms with Crippen LogP contribution >= 0.6 is 0 Å². The molecule has 0 atom stereocenters. The molecule has 0 unspecified atom stereocenters. The van der Waals surface area contributed by atoms with Gasteiger partial charge in [-0.3, -0.25) is 9.59 Å². The number of carbonyl (C=O) groups excluding carboxylic acids is 2. The SMILES string of the molecule is CC(C)(C)C(=O)NCCCC(=O)Nc1cnc(-c2ccccc2)nc1. The van der Waals surface area contributed by atoms with Crippen LogP contribution in [-0.2, 0) is 9.59 Å². The molecule has 132 valence electrons. The van der Waals surface area contributed by atoms with Gasteiger partial charge in [-0.1, -0.05) is 51.1 Å². The molecule has 0 aliphatic heterocycles. The number of amides is 2. The van der Waals surface area contributed by atoms with Crippen LogP contribution < -0.4 is 10.6 Å². The summed E-state index contributed by atoms with van der Waals surface area (Å²) in [6.45, 7) is 6.05. The van der Waals surface area contributed by atoms with Crippen LogP contribution in [0.5, 0.6) is 0 Å². The van der Waals surface area contributed by atoms with Crippen molar-refractivity contribution < 1.29 is 9.59 Å². The van der Waals surface area contributed by atoms with E-state index in [4.69, 9.17) is 0 Å². The molecule has 0 fully saturated rings. The fourth-order valence-corrected chi connectivity index (χ4v) is 2.07. The van der Waals surface area contributed by atoms with Gasteiger partial charge in [-0.15, -0.1) is 0 Å². The third-order valence-corrected chi connectivity index (χ3v) is 3.51. The highest BCUT2D eigenvalue weighted by Gasteiger charge is 2.20. The largest absolute Gasteiger partial charge is 0.356 e. The summed E-state index contributed by atoms with van der Waals surface area (Å²) < 4.78 is 0. The Morgan fingerprint density at radius 3 is 2.28 bits per heavy atom. The van der Waals surface area contributed by atoms with Crippen LogP contribution in [0.25, 0.3) is 11.4 Å². The number of aromatic nitrogens is 2. The second-order valence-electron chi connectivity index (χ2n) is 6.82. The van der Waals surface area contributed by atoms with E-state index < -0.39 is 5.41 Å². The van der Waals surface area contributed by atoms with Gasteiger partial charge < -0.3 is 10.6 Å². The number of nitrogens with zero attached hydrogens (tertiary/aromatic N) is 2. The van der Waals surface area contributed by atoms with Gasteiger partial charge >= 0.3 is 0 Å². The highest BCUT2D eigenvalue weighted by Crippen LogP contribution is 2.15. The Morgan fingerprint density at radius 1 is 1.04 bits per heavy atom. The Kier molecular flexibility index (Phi) is 6.22. The quantitative estimate of drug-likeness (QED) is 0.792. The number of nitrogens with one attached hydrogen (secondary N) is 2. The molecule has 0 aliphatic rings.